The molecule has 0 aromatic carbocycles. The highest BCUT2D eigenvalue weighted by Gasteiger charge is 2.16. The summed E-state index contributed by atoms with van der Waals surface area (Å²) in [6.45, 7) is 6.28. The smallest absolute Gasteiger partial charge is 0.273 e. The molecule has 1 N–H and O–H groups in total. The van der Waals surface area contributed by atoms with Crippen molar-refractivity contribution in [1.29, 1.82) is 0 Å². The van der Waals surface area contributed by atoms with Gasteiger partial charge in [-0.25, -0.2) is 13.4 Å². The van der Waals surface area contributed by atoms with E-state index in [1.54, 1.807) is 0 Å². The molecule has 1 atom stereocenters. The first-order valence-electron chi connectivity index (χ1n) is 7.10. The van der Waals surface area contributed by atoms with Crippen molar-refractivity contribution in [2.24, 2.45) is 5.92 Å². The van der Waals surface area contributed by atoms with Crippen molar-refractivity contribution < 1.29 is 17.6 Å². The summed E-state index contributed by atoms with van der Waals surface area (Å²) in [7, 11) is -3.22. The second-order valence-electron chi connectivity index (χ2n) is 5.90. The molecule has 1 rings (SSSR count). The number of carbonyl (C=O) groups is 1. The molecular weight excluding hydrogens is 292 g/mol. The Bertz CT molecular complexity index is 563. The lowest BCUT2D eigenvalue weighted by atomic mass is 10.0. The van der Waals surface area contributed by atoms with Crippen molar-refractivity contribution >= 4 is 15.7 Å². The normalized spacial score (nSPS) is 13.4. The molecule has 1 unspecified atom stereocenters. The third-order valence-electron chi connectivity index (χ3n) is 2.97. The SMILES string of the molecule is CC(C)CCCC(C)NC(=O)c1coc(CS(C)(=O)=O)n1. The molecule has 0 aliphatic rings. The number of sulfone groups is 1. The predicted octanol–water partition coefficient (Wildman–Crippen LogP) is 2.16. The highest BCUT2D eigenvalue weighted by Crippen LogP contribution is 2.10. The molecule has 1 aromatic rings. The molecule has 0 bridgehead atoms. The van der Waals surface area contributed by atoms with Gasteiger partial charge in [-0.2, -0.15) is 0 Å². The molecule has 0 aliphatic carbocycles. The van der Waals surface area contributed by atoms with Crippen molar-refractivity contribution in [3.05, 3.63) is 17.8 Å². The van der Waals surface area contributed by atoms with Crippen LogP contribution < -0.4 is 5.32 Å². The number of aromatic nitrogens is 1. The van der Waals surface area contributed by atoms with Gasteiger partial charge in [0, 0.05) is 12.3 Å². The third-order valence-corrected chi connectivity index (χ3v) is 3.74. The summed E-state index contributed by atoms with van der Waals surface area (Å²) in [5, 5.41) is 2.84. The van der Waals surface area contributed by atoms with Gasteiger partial charge in [0.1, 0.15) is 12.0 Å². The van der Waals surface area contributed by atoms with Crippen LogP contribution in [0.25, 0.3) is 0 Å². The van der Waals surface area contributed by atoms with Crippen molar-refractivity contribution in [2.75, 3.05) is 6.26 Å². The number of nitrogens with zero attached hydrogens (tertiary/aromatic N) is 1. The Morgan fingerprint density at radius 1 is 1.33 bits per heavy atom. The molecule has 0 saturated carbocycles. The standard InChI is InChI=1S/C14H24N2O4S/c1-10(2)6-5-7-11(3)15-14(17)12-8-20-13(16-12)9-21(4,18)19/h8,10-11H,5-7,9H2,1-4H3,(H,15,17). The van der Waals surface area contributed by atoms with E-state index in [9.17, 15) is 13.2 Å². The Labute approximate surface area is 126 Å². The molecule has 1 amide bonds. The van der Waals surface area contributed by atoms with Gasteiger partial charge in [-0.15, -0.1) is 0 Å². The maximum atomic E-state index is 11.9. The highest BCUT2D eigenvalue weighted by molar-refractivity contribution is 7.89. The van der Waals surface area contributed by atoms with Gasteiger partial charge < -0.3 is 9.73 Å². The van der Waals surface area contributed by atoms with E-state index in [2.05, 4.69) is 24.1 Å². The fourth-order valence-electron chi connectivity index (χ4n) is 1.91. The molecule has 1 heterocycles. The summed E-state index contributed by atoms with van der Waals surface area (Å²) < 4.78 is 27.3. The lowest BCUT2D eigenvalue weighted by Gasteiger charge is -2.13. The van der Waals surface area contributed by atoms with Crippen molar-refractivity contribution in [3.63, 3.8) is 0 Å². The third kappa shape index (κ3) is 7.27. The average molecular weight is 316 g/mol. The van der Waals surface area contributed by atoms with Crippen LogP contribution in [0.5, 0.6) is 0 Å². The number of hydrogen-bond acceptors (Lipinski definition) is 5. The summed E-state index contributed by atoms with van der Waals surface area (Å²) in [4.78, 5) is 15.8. The minimum Gasteiger partial charge on any atom is -0.447 e. The number of rotatable bonds is 8. The monoisotopic (exact) mass is 316 g/mol. The van der Waals surface area contributed by atoms with E-state index >= 15 is 0 Å². The van der Waals surface area contributed by atoms with E-state index in [1.807, 2.05) is 6.92 Å². The molecule has 1 aromatic heterocycles. The molecule has 6 nitrogen and oxygen atoms in total. The Morgan fingerprint density at radius 3 is 2.57 bits per heavy atom. The molecule has 21 heavy (non-hydrogen) atoms. The van der Waals surface area contributed by atoms with E-state index in [4.69, 9.17) is 4.42 Å². The van der Waals surface area contributed by atoms with E-state index in [-0.39, 0.29) is 29.3 Å². The van der Waals surface area contributed by atoms with Crippen LogP contribution in [0.15, 0.2) is 10.7 Å². The first-order valence-corrected chi connectivity index (χ1v) is 9.16. The van der Waals surface area contributed by atoms with E-state index in [0.717, 1.165) is 25.5 Å². The molecule has 0 radical (unpaired) electrons. The summed E-state index contributed by atoms with van der Waals surface area (Å²) in [5.74, 6) is 0.0529. The van der Waals surface area contributed by atoms with E-state index in [0.29, 0.717) is 5.92 Å². The molecule has 0 aliphatic heterocycles. The maximum absolute atomic E-state index is 11.9. The molecule has 120 valence electrons. The van der Waals surface area contributed by atoms with E-state index in [1.165, 1.54) is 6.26 Å². The maximum Gasteiger partial charge on any atom is 0.273 e. The second kappa shape index (κ2) is 7.59. The minimum absolute atomic E-state index is 0.0371. The minimum atomic E-state index is -3.22. The van der Waals surface area contributed by atoms with Gasteiger partial charge >= 0.3 is 0 Å². The van der Waals surface area contributed by atoms with Crippen LogP contribution in [0, 0.1) is 5.92 Å². The van der Waals surface area contributed by atoms with Crippen LogP contribution in [0.4, 0.5) is 0 Å². The topological polar surface area (TPSA) is 89.3 Å². The van der Waals surface area contributed by atoms with Crippen LogP contribution in [-0.2, 0) is 15.6 Å². The number of carbonyl (C=O) groups excluding carboxylic acids is 1. The van der Waals surface area contributed by atoms with Crippen molar-refractivity contribution in [1.82, 2.24) is 10.3 Å². The quantitative estimate of drug-likeness (QED) is 0.794. The van der Waals surface area contributed by atoms with Crippen LogP contribution in [-0.4, -0.2) is 31.6 Å². The lowest BCUT2D eigenvalue weighted by molar-refractivity contribution is 0.0932. The molecule has 0 saturated heterocycles. The van der Waals surface area contributed by atoms with Gasteiger partial charge in [0.05, 0.1) is 0 Å². The van der Waals surface area contributed by atoms with Gasteiger partial charge in [0.15, 0.2) is 15.5 Å². The van der Waals surface area contributed by atoms with Crippen LogP contribution in [0.1, 0.15) is 56.4 Å². The fourth-order valence-corrected chi connectivity index (χ4v) is 2.49. The van der Waals surface area contributed by atoms with Gasteiger partial charge in [-0.1, -0.05) is 26.7 Å². The molecule has 7 heteroatoms. The number of hydrogen-bond donors (Lipinski definition) is 1. The van der Waals surface area contributed by atoms with Gasteiger partial charge in [0.2, 0.25) is 5.89 Å². The molecule has 0 spiro atoms. The van der Waals surface area contributed by atoms with Crippen LogP contribution in [0.2, 0.25) is 0 Å². The number of amides is 1. The summed E-state index contributed by atoms with van der Waals surface area (Å²) >= 11 is 0. The summed E-state index contributed by atoms with van der Waals surface area (Å²) in [5.41, 5.74) is 0.115. The largest absolute Gasteiger partial charge is 0.447 e. The number of oxazole rings is 1. The lowest BCUT2D eigenvalue weighted by Crippen LogP contribution is -2.32. The Morgan fingerprint density at radius 2 is 2.00 bits per heavy atom. The van der Waals surface area contributed by atoms with Gasteiger partial charge in [-0.3, -0.25) is 4.79 Å². The zero-order valence-corrected chi connectivity index (χ0v) is 13.9. The Balaban J connectivity index is 2.48. The Hall–Kier alpha value is -1.37. The number of nitrogens with one attached hydrogen (secondary N) is 1. The predicted molar refractivity (Wildman–Crippen MR) is 80.7 cm³/mol. The average Bonchev–Trinajstić information content (AvgIpc) is 2.74. The fraction of sp³-hybridized carbons (Fsp3) is 0.714. The summed E-state index contributed by atoms with van der Waals surface area (Å²) in [6, 6.07) is 0.0475. The zero-order valence-electron chi connectivity index (χ0n) is 13.0. The summed E-state index contributed by atoms with van der Waals surface area (Å²) in [6.07, 6.45) is 5.36. The Kier molecular flexibility index (Phi) is 6.39. The highest BCUT2D eigenvalue weighted by atomic mass is 32.2. The van der Waals surface area contributed by atoms with Gasteiger partial charge in [-0.05, 0) is 19.3 Å². The van der Waals surface area contributed by atoms with Crippen LogP contribution >= 0.6 is 0 Å². The first kappa shape index (κ1) is 17.7. The molecular formula is C14H24N2O4S. The van der Waals surface area contributed by atoms with E-state index < -0.39 is 9.84 Å². The van der Waals surface area contributed by atoms with Crippen molar-refractivity contribution in [3.8, 4) is 0 Å². The van der Waals surface area contributed by atoms with Crippen molar-refractivity contribution in [2.45, 2.75) is 51.8 Å². The molecule has 0 fully saturated rings. The van der Waals surface area contributed by atoms with Crippen LogP contribution in [0.3, 0.4) is 0 Å². The second-order valence-corrected chi connectivity index (χ2v) is 8.04. The first-order chi connectivity index (χ1) is 9.67. The zero-order chi connectivity index (χ0) is 16.0. The van der Waals surface area contributed by atoms with Gasteiger partial charge in [0.25, 0.3) is 5.91 Å².